The number of hydrogen-bond acceptors (Lipinski definition) is 4. The molecule has 0 saturated carbocycles. The lowest BCUT2D eigenvalue weighted by molar-refractivity contribution is 0.0914. The molecular formula is C21H22N4O. The Hall–Kier alpha value is -2.79. The van der Waals surface area contributed by atoms with Gasteiger partial charge in [0.25, 0.3) is 5.91 Å². The van der Waals surface area contributed by atoms with E-state index in [0.29, 0.717) is 5.56 Å². The zero-order chi connectivity index (χ0) is 17.9. The highest BCUT2D eigenvalue weighted by Crippen LogP contribution is 2.24. The molecule has 1 N–H and O–H groups in total. The molecule has 0 radical (unpaired) electrons. The highest BCUT2D eigenvalue weighted by molar-refractivity contribution is 6.07. The fourth-order valence-electron chi connectivity index (χ4n) is 3.57. The number of benzene rings is 1. The van der Waals surface area contributed by atoms with E-state index in [-0.39, 0.29) is 11.9 Å². The minimum absolute atomic E-state index is 0.0333. The summed E-state index contributed by atoms with van der Waals surface area (Å²) in [6.07, 6.45) is 5.64. The summed E-state index contributed by atoms with van der Waals surface area (Å²) in [6.45, 7) is 1.99. The van der Waals surface area contributed by atoms with Crippen molar-refractivity contribution in [2.45, 2.75) is 18.9 Å². The molecule has 0 spiro atoms. The normalized spacial score (nSPS) is 18.0. The molecule has 1 aliphatic heterocycles. The van der Waals surface area contributed by atoms with Gasteiger partial charge in [-0.05, 0) is 50.7 Å². The van der Waals surface area contributed by atoms with Gasteiger partial charge in [0.2, 0.25) is 0 Å². The van der Waals surface area contributed by atoms with E-state index in [1.54, 1.807) is 12.4 Å². The molecule has 4 rings (SSSR count). The number of piperidine rings is 1. The molecule has 5 nitrogen and oxygen atoms in total. The average Bonchev–Trinajstić information content (AvgIpc) is 2.68. The van der Waals surface area contributed by atoms with Crippen LogP contribution in [0.4, 0.5) is 0 Å². The molecule has 132 valence electrons. The second kappa shape index (κ2) is 7.22. The Morgan fingerprint density at radius 1 is 1.23 bits per heavy atom. The van der Waals surface area contributed by atoms with Crippen LogP contribution in [0.2, 0.25) is 0 Å². The second-order valence-electron chi connectivity index (χ2n) is 6.89. The molecule has 1 unspecified atom stereocenters. The van der Waals surface area contributed by atoms with E-state index in [0.717, 1.165) is 48.1 Å². The SMILES string of the molecule is CN1CCCC(NC(=O)c2cc(-c3cccnc3)nc3ccccc23)C1. The third-order valence-electron chi connectivity index (χ3n) is 4.88. The average molecular weight is 346 g/mol. The number of nitrogens with one attached hydrogen (secondary N) is 1. The number of nitrogens with zero attached hydrogens (tertiary/aromatic N) is 3. The number of pyridine rings is 2. The zero-order valence-corrected chi connectivity index (χ0v) is 14.9. The van der Waals surface area contributed by atoms with Gasteiger partial charge >= 0.3 is 0 Å². The first-order chi connectivity index (χ1) is 12.7. The number of likely N-dealkylation sites (tertiary alicyclic amines) is 1. The highest BCUT2D eigenvalue weighted by Gasteiger charge is 2.21. The van der Waals surface area contributed by atoms with Crippen molar-refractivity contribution in [1.82, 2.24) is 20.2 Å². The largest absolute Gasteiger partial charge is 0.348 e. The van der Waals surface area contributed by atoms with E-state index in [1.165, 1.54) is 0 Å². The Balaban J connectivity index is 1.72. The van der Waals surface area contributed by atoms with Crippen LogP contribution in [0.15, 0.2) is 54.9 Å². The number of amides is 1. The van der Waals surface area contributed by atoms with Crippen LogP contribution in [0.25, 0.3) is 22.2 Å². The number of rotatable bonds is 3. The van der Waals surface area contributed by atoms with Crippen molar-refractivity contribution >= 4 is 16.8 Å². The molecule has 2 aromatic heterocycles. The van der Waals surface area contributed by atoms with Gasteiger partial charge in [0.05, 0.1) is 16.8 Å². The van der Waals surface area contributed by atoms with E-state index in [9.17, 15) is 4.79 Å². The number of aromatic nitrogens is 2. The first-order valence-corrected chi connectivity index (χ1v) is 9.00. The highest BCUT2D eigenvalue weighted by atomic mass is 16.1. The lowest BCUT2D eigenvalue weighted by Gasteiger charge is -2.30. The van der Waals surface area contributed by atoms with Gasteiger partial charge in [-0.1, -0.05) is 18.2 Å². The van der Waals surface area contributed by atoms with Crippen LogP contribution in [-0.4, -0.2) is 47.0 Å². The molecule has 1 aliphatic rings. The minimum Gasteiger partial charge on any atom is -0.348 e. The molecule has 3 aromatic rings. The molecule has 26 heavy (non-hydrogen) atoms. The van der Waals surface area contributed by atoms with Gasteiger partial charge in [0, 0.05) is 35.9 Å². The van der Waals surface area contributed by atoms with Crippen molar-refractivity contribution in [2.75, 3.05) is 20.1 Å². The van der Waals surface area contributed by atoms with Crippen LogP contribution in [0.5, 0.6) is 0 Å². The molecular weight excluding hydrogens is 324 g/mol. The minimum atomic E-state index is -0.0333. The van der Waals surface area contributed by atoms with Crippen LogP contribution in [-0.2, 0) is 0 Å². The van der Waals surface area contributed by atoms with Gasteiger partial charge < -0.3 is 10.2 Å². The van der Waals surface area contributed by atoms with Crippen LogP contribution >= 0.6 is 0 Å². The smallest absolute Gasteiger partial charge is 0.252 e. The maximum absolute atomic E-state index is 13.0. The number of fused-ring (bicyclic) bond motifs is 1. The molecule has 1 saturated heterocycles. The molecule has 0 bridgehead atoms. The number of para-hydroxylation sites is 1. The molecule has 3 heterocycles. The summed E-state index contributed by atoms with van der Waals surface area (Å²) in [7, 11) is 2.10. The Bertz CT molecular complexity index is 926. The quantitative estimate of drug-likeness (QED) is 0.792. The predicted molar refractivity (Wildman–Crippen MR) is 103 cm³/mol. The van der Waals surface area contributed by atoms with Gasteiger partial charge in [-0.25, -0.2) is 4.98 Å². The van der Waals surface area contributed by atoms with Gasteiger partial charge in [0.1, 0.15) is 0 Å². The Kier molecular flexibility index (Phi) is 4.63. The van der Waals surface area contributed by atoms with Crippen molar-refractivity contribution < 1.29 is 4.79 Å². The molecule has 1 atom stereocenters. The number of carbonyl (C=O) groups is 1. The summed E-state index contributed by atoms with van der Waals surface area (Å²) < 4.78 is 0. The van der Waals surface area contributed by atoms with E-state index in [1.807, 2.05) is 42.5 Å². The molecule has 0 aliphatic carbocycles. The molecule has 1 aromatic carbocycles. The summed E-state index contributed by atoms with van der Waals surface area (Å²) in [5.74, 6) is -0.0333. The topological polar surface area (TPSA) is 58.1 Å². The van der Waals surface area contributed by atoms with Crippen molar-refractivity contribution in [3.63, 3.8) is 0 Å². The van der Waals surface area contributed by atoms with Crippen molar-refractivity contribution in [3.8, 4) is 11.3 Å². The fraction of sp³-hybridized carbons (Fsp3) is 0.286. The van der Waals surface area contributed by atoms with Crippen LogP contribution in [0, 0.1) is 0 Å². The number of carbonyl (C=O) groups excluding carboxylic acids is 1. The predicted octanol–water partition coefficient (Wildman–Crippen LogP) is 3.12. The lowest BCUT2D eigenvalue weighted by atomic mass is 10.0. The maximum atomic E-state index is 13.0. The Morgan fingerprint density at radius 3 is 2.92 bits per heavy atom. The second-order valence-corrected chi connectivity index (χ2v) is 6.89. The molecule has 1 amide bonds. The van der Waals surface area contributed by atoms with Gasteiger partial charge in [-0.15, -0.1) is 0 Å². The summed E-state index contributed by atoms with van der Waals surface area (Å²) >= 11 is 0. The number of likely N-dealkylation sites (N-methyl/N-ethyl adjacent to an activating group) is 1. The van der Waals surface area contributed by atoms with E-state index < -0.39 is 0 Å². The van der Waals surface area contributed by atoms with Crippen molar-refractivity contribution in [1.29, 1.82) is 0 Å². The van der Waals surface area contributed by atoms with E-state index >= 15 is 0 Å². The van der Waals surface area contributed by atoms with Gasteiger partial charge in [0.15, 0.2) is 0 Å². The summed E-state index contributed by atoms with van der Waals surface area (Å²) in [6, 6.07) is 13.7. The first kappa shape index (κ1) is 16.7. The third-order valence-corrected chi connectivity index (χ3v) is 4.88. The molecule has 5 heteroatoms. The third kappa shape index (κ3) is 3.44. The Labute approximate surface area is 153 Å². The Morgan fingerprint density at radius 2 is 2.12 bits per heavy atom. The lowest BCUT2D eigenvalue weighted by Crippen LogP contribution is -2.46. The van der Waals surface area contributed by atoms with Gasteiger partial charge in [-0.3, -0.25) is 9.78 Å². The van der Waals surface area contributed by atoms with Crippen molar-refractivity contribution in [2.24, 2.45) is 0 Å². The van der Waals surface area contributed by atoms with Crippen LogP contribution in [0.3, 0.4) is 0 Å². The summed E-state index contributed by atoms with van der Waals surface area (Å²) in [5.41, 5.74) is 3.16. The van der Waals surface area contributed by atoms with Crippen LogP contribution in [0.1, 0.15) is 23.2 Å². The van der Waals surface area contributed by atoms with Gasteiger partial charge in [-0.2, -0.15) is 0 Å². The summed E-state index contributed by atoms with van der Waals surface area (Å²) in [5, 5.41) is 4.09. The monoisotopic (exact) mass is 346 g/mol. The maximum Gasteiger partial charge on any atom is 0.252 e. The molecule has 1 fully saturated rings. The van der Waals surface area contributed by atoms with Crippen LogP contribution < -0.4 is 5.32 Å². The van der Waals surface area contributed by atoms with E-state index in [4.69, 9.17) is 4.98 Å². The summed E-state index contributed by atoms with van der Waals surface area (Å²) in [4.78, 5) is 24.2. The standard InChI is InChI=1S/C21H22N4O/c1-25-11-5-7-16(14-25)23-21(26)18-12-20(15-6-4-10-22-13-15)24-19-9-3-2-8-17(18)19/h2-4,6,8-10,12-13,16H,5,7,11,14H2,1H3,(H,23,26). The fourth-order valence-corrected chi connectivity index (χ4v) is 3.57. The van der Waals surface area contributed by atoms with Crippen molar-refractivity contribution in [3.05, 3.63) is 60.4 Å². The van der Waals surface area contributed by atoms with E-state index in [2.05, 4.69) is 22.2 Å². The zero-order valence-electron chi connectivity index (χ0n) is 14.9. The first-order valence-electron chi connectivity index (χ1n) is 9.00. The number of hydrogen-bond donors (Lipinski definition) is 1.